The van der Waals surface area contributed by atoms with Gasteiger partial charge >= 0.3 is 6.03 Å². The molecule has 2 aromatic rings. The van der Waals surface area contributed by atoms with Crippen molar-refractivity contribution in [3.8, 4) is 0 Å². The number of carbonyl (C=O) groups is 3. The number of hydrogen-bond donors (Lipinski definition) is 2. The van der Waals surface area contributed by atoms with Crippen molar-refractivity contribution >= 4 is 29.2 Å². The standard InChI is InChI=1S/C22H27N3O3S/c1-14(17-7-6-12-29-17)23-18(26)13-25-19(27)22(5,24-20(25)28)16-10-8-15(9-11-16)21(2,3)4/h6-12,14H,13H2,1-5H3,(H,23,26)(H,24,28). The van der Waals surface area contributed by atoms with E-state index in [-0.39, 0.29) is 23.9 Å². The van der Waals surface area contributed by atoms with E-state index in [1.54, 1.807) is 18.3 Å². The van der Waals surface area contributed by atoms with Crippen molar-refractivity contribution < 1.29 is 14.4 Å². The normalized spacial score (nSPS) is 20.5. The fraction of sp³-hybridized carbons (Fsp3) is 0.409. The van der Waals surface area contributed by atoms with Crippen LogP contribution in [0.2, 0.25) is 0 Å². The molecular formula is C22H27N3O3S. The molecule has 29 heavy (non-hydrogen) atoms. The third-order valence-corrected chi connectivity index (χ3v) is 6.31. The molecule has 4 amide bonds. The molecule has 6 nitrogen and oxygen atoms in total. The average molecular weight is 414 g/mol. The van der Waals surface area contributed by atoms with Crippen LogP contribution in [0.5, 0.6) is 0 Å². The lowest BCUT2D eigenvalue weighted by Crippen LogP contribution is -2.43. The summed E-state index contributed by atoms with van der Waals surface area (Å²) in [5, 5.41) is 7.53. The van der Waals surface area contributed by atoms with Crippen molar-refractivity contribution in [2.24, 2.45) is 0 Å². The third-order valence-electron chi connectivity index (χ3n) is 5.25. The van der Waals surface area contributed by atoms with Gasteiger partial charge in [-0.15, -0.1) is 11.3 Å². The van der Waals surface area contributed by atoms with Gasteiger partial charge in [-0.25, -0.2) is 4.79 Å². The van der Waals surface area contributed by atoms with Gasteiger partial charge in [0.25, 0.3) is 5.91 Å². The monoisotopic (exact) mass is 413 g/mol. The van der Waals surface area contributed by atoms with Crippen LogP contribution in [0.15, 0.2) is 41.8 Å². The van der Waals surface area contributed by atoms with E-state index < -0.39 is 17.5 Å². The number of thiophene rings is 1. The number of hydrogen-bond acceptors (Lipinski definition) is 4. The minimum Gasteiger partial charge on any atom is -0.347 e. The fourth-order valence-electron chi connectivity index (χ4n) is 3.38. The number of carbonyl (C=O) groups excluding carboxylic acids is 3. The molecule has 154 valence electrons. The first-order valence-corrected chi connectivity index (χ1v) is 10.5. The Kier molecular flexibility index (Phi) is 5.54. The van der Waals surface area contributed by atoms with E-state index in [0.29, 0.717) is 5.56 Å². The summed E-state index contributed by atoms with van der Waals surface area (Å²) in [6.45, 7) is 9.58. The average Bonchev–Trinajstić information content (AvgIpc) is 3.25. The van der Waals surface area contributed by atoms with Crippen molar-refractivity contribution in [3.05, 3.63) is 57.8 Å². The lowest BCUT2D eigenvalue weighted by molar-refractivity contribution is -0.135. The largest absolute Gasteiger partial charge is 0.347 e. The van der Waals surface area contributed by atoms with Crippen molar-refractivity contribution in [1.29, 1.82) is 0 Å². The van der Waals surface area contributed by atoms with Crippen molar-refractivity contribution in [2.75, 3.05) is 6.54 Å². The second-order valence-electron chi connectivity index (χ2n) is 8.58. The van der Waals surface area contributed by atoms with E-state index in [9.17, 15) is 14.4 Å². The Labute approximate surface area is 175 Å². The van der Waals surface area contributed by atoms with Crippen LogP contribution in [-0.2, 0) is 20.5 Å². The maximum atomic E-state index is 13.0. The third kappa shape index (κ3) is 4.19. The van der Waals surface area contributed by atoms with Crippen LogP contribution in [0.25, 0.3) is 0 Å². The zero-order chi connectivity index (χ0) is 21.4. The fourth-order valence-corrected chi connectivity index (χ4v) is 4.11. The number of nitrogens with one attached hydrogen (secondary N) is 2. The summed E-state index contributed by atoms with van der Waals surface area (Å²) in [5.74, 6) is -0.799. The summed E-state index contributed by atoms with van der Waals surface area (Å²) < 4.78 is 0. The summed E-state index contributed by atoms with van der Waals surface area (Å²) in [6, 6.07) is 10.8. The second kappa shape index (κ2) is 7.63. The lowest BCUT2D eigenvalue weighted by Gasteiger charge is -2.24. The van der Waals surface area contributed by atoms with Gasteiger partial charge in [0.2, 0.25) is 5.91 Å². The maximum Gasteiger partial charge on any atom is 0.325 e. The number of urea groups is 1. The van der Waals surface area contributed by atoms with E-state index in [2.05, 4.69) is 31.4 Å². The maximum absolute atomic E-state index is 13.0. The highest BCUT2D eigenvalue weighted by Gasteiger charge is 2.49. The van der Waals surface area contributed by atoms with Crippen molar-refractivity contribution in [3.63, 3.8) is 0 Å². The van der Waals surface area contributed by atoms with E-state index in [4.69, 9.17) is 0 Å². The molecule has 0 aliphatic carbocycles. The van der Waals surface area contributed by atoms with Gasteiger partial charge in [0.15, 0.2) is 0 Å². The van der Waals surface area contributed by atoms with E-state index in [1.807, 2.05) is 48.7 Å². The van der Waals surface area contributed by atoms with Crippen molar-refractivity contribution in [1.82, 2.24) is 15.5 Å². The Bertz CT molecular complexity index is 916. The highest BCUT2D eigenvalue weighted by molar-refractivity contribution is 7.10. The molecule has 0 spiro atoms. The Balaban J connectivity index is 1.72. The summed E-state index contributed by atoms with van der Waals surface area (Å²) >= 11 is 1.54. The molecule has 1 aliphatic rings. The number of rotatable bonds is 5. The molecule has 2 N–H and O–H groups in total. The number of imide groups is 1. The van der Waals surface area contributed by atoms with Gasteiger partial charge in [0.05, 0.1) is 6.04 Å². The second-order valence-corrected chi connectivity index (χ2v) is 9.56. The number of amides is 4. The van der Waals surface area contributed by atoms with Crippen LogP contribution in [0, 0.1) is 0 Å². The van der Waals surface area contributed by atoms with Crippen LogP contribution in [0.3, 0.4) is 0 Å². The van der Waals surface area contributed by atoms with Crippen LogP contribution in [-0.4, -0.2) is 29.3 Å². The van der Waals surface area contributed by atoms with E-state index in [0.717, 1.165) is 15.3 Å². The molecule has 2 heterocycles. The van der Waals surface area contributed by atoms with E-state index >= 15 is 0 Å². The Hall–Kier alpha value is -2.67. The van der Waals surface area contributed by atoms with Gasteiger partial charge in [-0.3, -0.25) is 14.5 Å². The van der Waals surface area contributed by atoms with Gasteiger partial charge in [-0.2, -0.15) is 0 Å². The highest BCUT2D eigenvalue weighted by Crippen LogP contribution is 2.31. The van der Waals surface area contributed by atoms with Gasteiger partial charge in [0, 0.05) is 4.88 Å². The molecule has 1 saturated heterocycles. The molecule has 1 aliphatic heterocycles. The topological polar surface area (TPSA) is 78.5 Å². The summed E-state index contributed by atoms with van der Waals surface area (Å²) in [7, 11) is 0. The van der Waals surface area contributed by atoms with Crippen LogP contribution in [0.4, 0.5) is 4.79 Å². The summed E-state index contributed by atoms with van der Waals surface area (Å²) in [5.41, 5.74) is 0.637. The van der Waals surface area contributed by atoms with Gasteiger partial charge < -0.3 is 10.6 Å². The molecule has 1 aromatic heterocycles. The van der Waals surface area contributed by atoms with Gasteiger partial charge in [0.1, 0.15) is 12.1 Å². The van der Waals surface area contributed by atoms with Gasteiger partial charge in [-0.1, -0.05) is 51.1 Å². The Morgan fingerprint density at radius 1 is 1.21 bits per heavy atom. The van der Waals surface area contributed by atoms with E-state index in [1.165, 1.54) is 0 Å². The molecule has 1 fully saturated rings. The predicted molar refractivity (Wildman–Crippen MR) is 114 cm³/mol. The summed E-state index contributed by atoms with van der Waals surface area (Å²) in [6.07, 6.45) is 0. The van der Waals surface area contributed by atoms with Gasteiger partial charge in [-0.05, 0) is 41.8 Å². The molecule has 2 unspecified atom stereocenters. The van der Waals surface area contributed by atoms with Crippen LogP contribution >= 0.6 is 11.3 Å². The molecule has 1 aromatic carbocycles. The van der Waals surface area contributed by atoms with Crippen LogP contribution in [0.1, 0.15) is 56.7 Å². The minimum atomic E-state index is -1.19. The molecule has 3 rings (SSSR count). The molecule has 7 heteroatoms. The minimum absolute atomic E-state index is 0.00819. The first-order chi connectivity index (χ1) is 13.5. The predicted octanol–water partition coefficient (Wildman–Crippen LogP) is 3.69. The summed E-state index contributed by atoms with van der Waals surface area (Å²) in [4.78, 5) is 39.9. The zero-order valence-electron chi connectivity index (χ0n) is 17.4. The zero-order valence-corrected chi connectivity index (χ0v) is 18.2. The number of benzene rings is 1. The SMILES string of the molecule is CC(NC(=O)CN1C(=O)NC(C)(c2ccc(C(C)(C)C)cc2)C1=O)c1cccs1. The Morgan fingerprint density at radius 2 is 1.86 bits per heavy atom. The Morgan fingerprint density at radius 3 is 2.41 bits per heavy atom. The lowest BCUT2D eigenvalue weighted by atomic mass is 9.84. The molecule has 0 saturated carbocycles. The first kappa shape index (κ1) is 21.0. The first-order valence-electron chi connectivity index (χ1n) is 9.60. The molecule has 2 atom stereocenters. The van der Waals surface area contributed by atoms with Crippen LogP contribution < -0.4 is 10.6 Å². The van der Waals surface area contributed by atoms with Crippen molar-refractivity contribution in [2.45, 2.75) is 51.6 Å². The number of nitrogens with zero attached hydrogens (tertiary/aromatic N) is 1. The highest BCUT2D eigenvalue weighted by atomic mass is 32.1. The quantitative estimate of drug-likeness (QED) is 0.734. The molecule has 0 radical (unpaired) electrons. The smallest absolute Gasteiger partial charge is 0.325 e. The molecule has 0 bridgehead atoms. The molecular weight excluding hydrogens is 386 g/mol.